The van der Waals surface area contributed by atoms with Gasteiger partial charge in [0.25, 0.3) is 12.0 Å². The first-order valence-corrected chi connectivity index (χ1v) is 29.0. The summed E-state index contributed by atoms with van der Waals surface area (Å²) in [6.07, 6.45) is 3.44. The molecule has 6 aromatic carbocycles. The van der Waals surface area contributed by atoms with Gasteiger partial charge in [-0.15, -0.1) is 30.6 Å². The van der Waals surface area contributed by atoms with Crippen molar-refractivity contribution in [3.05, 3.63) is 219 Å². The number of aromatic nitrogens is 6. The van der Waals surface area contributed by atoms with Crippen LogP contribution in [0.1, 0.15) is 11.1 Å². The summed E-state index contributed by atoms with van der Waals surface area (Å²) in [4.78, 5) is 20.4. The molecule has 0 amide bonds. The molecule has 23 nitrogen and oxygen atoms in total. The molecule has 0 radical (unpaired) electrons. The van der Waals surface area contributed by atoms with Gasteiger partial charge in [0.05, 0.1) is 63.4 Å². The molecule has 480 valence electrons. The van der Waals surface area contributed by atoms with Crippen molar-refractivity contribution in [2.45, 2.75) is 17.4 Å². The van der Waals surface area contributed by atoms with Crippen LogP contribution in [0.2, 0.25) is 15.5 Å². The number of carbonyl (C=O) groups is 1. The Labute approximate surface area is 553 Å². The second-order valence-corrected chi connectivity index (χ2v) is 19.2. The van der Waals surface area contributed by atoms with Gasteiger partial charge in [-0.05, 0) is 83.9 Å². The van der Waals surface area contributed by atoms with Crippen LogP contribution in [-0.2, 0) is 16.7 Å². The predicted octanol–water partition coefficient (Wildman–Crippen LogP) is 13.6. The van der Waals surface area contributed by atoms with Gasteiger partial charge in [-0.2, -0.15) is 0 Å². The van der Waals surface area contributed by atoms with Crippen LogP contribution in [0.4, 0.5) is 0 Å². The minimum Gasteiger partial charge on any atom is -0.508 e. The molecule has 1 unspecified atom stereocenters. The Morgan fingerprint density at radius 3 is 1.30 bits per heavy atom. The molecule has 1 atom stereocenters. The number of hydrogen-bond donors (Lipinski definition) is 3. The topological polar surface area (TPSA) is 270 Å². The third-order valence-electron chi connectivity index (χ3n) is 11.0. The maximum atomic E-state index is 12.0. The Balaban J connectivity index is 0.000000241. The van der Waals surface area contributed by atoms with Gasteiger partial charge in [0.1, 0.15) is 28.5 Å². The van der Waals surface area contributed by atoms with E-state index in [9.17, 15) is 4.79 Å². The minimum absolute atomic E-state index is 0.169. The van der Waals surface area contributed by atoms with E-state index in [1.165, 1.54) is 29.5 Å². The minimum atomic E-state index is -0.303. The number of nitrogens with one attached hydrogen (secondary N) is 1. The first-order valence-electron chi connectivity index (χ1n) is 26.3. The van der Waals surface area contributed by atoms with Crippen molar-refractivity contribution in [3.8, 4) is 80.8 Å². The zero-order valence-corrected chi connectivity index (χ0v) is 54.7. The highest BCUT2D eigenvalue weighted by molar-refractivity contribution is 9.08. The smallest absolute Gasteiger partial charge is 0.290 e. The lowest BCUT2D eigenvalue weighted by atomic mass is 10.2. The highest BCUT2D eigenvalue weighted by atomic mass is 79.9. The van der Waals surface area contributed by atoms with E-state index < -0.39 is 0 Å². The van der Waals surface area contributed by atoms with Crippen molar-refractivity contribution in [2.75, 3.05) is 56.9 Å². The molecule has 1 aliphatic rings. The summed E-state index contributed by atoms with van der Waals surface area (Å²) in [5.41, 5.74) is 4.51. The molecule has 0 saturated carbocycles. The Morgan fingerprint density at radius 1 is 0.505 bits per heavy atom. The molecule has 0 bridgehead atoms. The van der Waals surface area contributed by atoms with Crippen LogP contribution in [0.25, 0.3) is 0 Å². The monoisotopic (exact) mass is 1390 g/mol. The molecular formula is C63H63BrCl4N8O15. The summed E-state index contributed by atoms with van der Waals surface area (Å²) in [7, 11) is 12.5. The number of nitrogens with zero attached hydrogens (tertiary/aromatic N) is 7. The first kappa shape index (κ1) is 73.7. The van der Waals surface area contributed by atoms with Crippen LogP contribution >= 0.6 is 62.3 Å². The van der Waals surface area contributed by atoms with E-state index in [4.69, 9.17) is 114 Å². The van der Waals surface area contributed by atoms with Crippen LogP contribution < -0.4 is 63.1 Å². The van der Waals surface area contributed by atoms with Crippen molar-refractivity contribution in [1.82, 2.24) is 35.6 Å². The maximum Gasteiger partial charge on any atom is 0.290 e. The summed E-state index contributed by atoms with van der Waals surface area (Å²) < 4.78 is 59.1. The number of aromatic hydroxyl groups is 1. The SMILES string of the molecule is BrCc1ccccc1.COc1ccc(O)cc1OC.COc1ccc(OC2=NNC(Cl)C=C2)cc1OC.COc1ccc(Oc2ccc(=O)n(Cc3ccccc3)n2)cc1OC.COc1ccc(Oc2ccc(Cl)nn2)cc1OC.Clc1ccc(Cl)nn1.O=CO. The van der Waals surface area contributed by atoms with Gasteiger partial charge >= 0.3 is 0 Å². The third kappa shape index (κ3) is 26.9. The fourth-order valence-electron chi connectivity index (χ4n) is 6.84. The summed E-state index contributed by atoms with van der Waals surface area (Å²) >= 11 is 25.5. The Bertz CT molecular complexity index is 3700. The van der Waals surface area contributed by atoms with E-state index in [0.717, 1.165) is 10.9 Å². The molecule has 1 aliphatic heterocycles. The number of rotatable bonds is 16. The van der Waals surface area contributed by atoms with E-state index in [1.807, 2.05) is 48.5 Å². The number of alkyl halides is 2. The fourth-order valence-corrected chi connectivity index (χ4v) is 7.63. The largest absolute Gasteiger partial charge is 0.508 e. The number of methoxy groups -OCH3 is 8. The van der Waals surface area contributed by atoms with E-state index in [-0.39, 0.29) is 23.3 Å². The van der Waals surface area contributed by atoms with Crippen molar-refractivity contribution >= 4 is 74.7 Å². The van der Waals surface area contributed by atoms with E-state index >= 15 is 0 Å². The van der Waals surface area contributed by atoms with Crippen LogP contribution in [0.3, 0.4) is 0 Å². The summed E-state index contributed by atoms with van der Waals surface area (Å²) in [6.45, 7) is 0.128. The normalized spacial score (nSPS) is 11.2. The lowest BCUT2D eigenvalue weighted by molar-refractivity contribution is -0.122. The Morgan fingerprint density at radius 2 is 0.901 bits per heavy atom. The van der Waals surface area contributed by atoms with Crippen molar-refractivity contribution in [2.24, 2.45) is 5.10 Å². The maximum absolute atomic E-state index is 12.0. The van der Waals surface area contributed by atoms with Gasteiger partial charge in [0.2, 0.25) is 17.7 Å². The van der Waals surface area contributed by atoms with Crippen LogP contribution in [0, 0.1) is 0 Å². The second-order valence-electron chi connectivity index (χ2n) is 17.0. The number of hydrazone groups is 1. The average Bonchev–Trinajstić information content (AvgIpc) is 2.83. The van der Waals surface area contributed by atoms with E-state index in [1.54, 1.807) is 159 Å². The Hall–Kier alpha value is -9.72. The van der Waals surface area contributed by atoms with E-state index in [2.05, 4.69) is 64.1 Å². The molecule has 3 aromatic heterocycles. The predicted molar refractivity (Wildman–Crippen MR) is 351 cm³/mol. The average molecular weight is 1390 g/mol. The number of ether oxygens (including phenoxy) is 11. The number of halogens is 5. The lowest BCUT2D eigenvalue weighted by Crippen LogP contribution is -2.24. The number of benzene rings is 6. The second kappa shape index (κ2) is 41.5. The number of hydrogen-bond acceptors (Lipinski definition) is 21. The molecule has 9 aromatic rings. The van der Waals surface area contributed by atoms with Crippen LogP contribution in [0.15, 0.2) is 192 Å². The van der Waals surface area contributed by atoms with Gasteiger partial charge in [0.15, 0.2) is 61.5 Å². The zero-order chi connectivity index (χ0) is 66.3. The lowest BCUT2D eigenvalue weighted by Gasteiger charge is -2.13. The number of phenolic OH excluding ortho intramolecular Hbond substituents is 1. The molecule has 0 aliphatic carbocycles. The molecule has 0 saturated heterocycles. The van der Waals surface area contributed by atoms with Crippen LogP contribution in [-0.4, -0.2) is 115 Å². The highest BCUT2D eigenvalue weighted by Crippen LogP contribution is 2.35. The summed E-state index contributed by atoms with van der Waals surface area (Å²) in [5.74, 6) is 7.75. The molecule has 91 heavy (non-hydrogen) atoms. The molecule has 3 N–H and O–H groups in total. The third-order valence-corrected chi connectivity index (χ3v) is 12.5. The van der Waals surface area contributed by atoms with Crippen LogP contribution in [0.5, 0.6) is 80.8 Å². The van der Waals surface area contributed by atoms with Crippen molar-refractivity contribution in [1.29, 1.82) is 0 Å². The molecule has 0 spiro atoms. The summed E-state index contributed by atoms with van der Waals surface area (Å²) in [5, 5.41) is 40.5. The van der Waals surface area contributed by atoms with Gasteiger partial charge in [-0.1, -0.05) is 123 Å². The van der Waals surface area contributed by atoms with Gasteiger partial charge in [0, 0.05) is 53.9 Å². The number of phenols is 1. The molecule has 4 heterocycles. The quantitative estimate of drug-likeness (QED) is 0.0461. The first-order chi connectivity index (χ1) is 44.0. The highest BCUT2D eigenvalue weighted by Gasteiger charge is 2.12. The van der Waals surface area contributed by atoms with Gasteiger partial charge < -0.3 is 62.3 Å². The summed E-state index contributed by atoms with van der Waals surface area (Å²) in [6, 6.07) is 49.6. The molecular weight excluding hydrogens is 1330 g/mol. The van der Waals surface area contributed by atoms with Crippen molar-refractivity contribution < 1.29 is 67.1 Å². The van der Waals surface area contributed by atoms with Gasteiger partial charge in [-0.3, -0.25) is 15.0 Å². The molecule has 28 heteroatoms. The fraction of sp³-hybridized carbons (Fsp3) is 0.175. The number of carboxylic acid groups (broad SMARTS) is 1. The van der Waals surface area contributed by atoms with Crippen molar-refractivity contribution in [3.63, 3.8) is 0 Å². The molecule has 10 rings (SSSR count). The molecule has 0 fully saturated rings. The van der Waals surface area contributed by atoms with E-state index in [0.29, 0.717) is 103 Å². The zero-order valence-electron chi connectivity index (χ0n) is 50.1. The standard InChI is InChI=1S/C19H18N2O4.C12H13ClN2O3.C12H11ClN2O3.C8H10O3.C7H7Br.C4H2Cl2N2.CH2O2/c1-23-16-9-8-15(12-17(16)24-2)25-18-10-11-19(22)21(20-18)13-14-6-4-3-5-7-14;2*1-16-9-4-3-8(7-10(9)17-2)18-12-6-5-11(13)14-15-12;1-10-7-4-3-6(9)5-8(7)11-2;8-6-7-4-2-1-3-5-7;5-3-1-2-4(6)8-7-3;2-1-3/h3-12H,13H2,1-2H3;3-7,11,14H,1-2H3;3-7H,1-2H3;3-5,9H,1-2H3;1-5H,6H2;1-2H;1H,(H,2,3). The Kier molecular flexibility index (Phi) is 33.6. The van der Waals surface area contributed by atoms with Gasteiger partial charge in [-0.25, -0.2) is 4.68 Å².